The van der Waals surface area contributed by atoms with Gasteiger partial charge >= 0.3 is 0 Å². The van der Waals surface area contributed by atoms with E-state index in [1.165, 1.54) is 42.5 Å². The van der Waals surface area contributed by atoms with Crippen LogP contribution in [0.4, 0.5) is 0 Å². The molecule has 4 rings (SSSR count). The third-order valence-corrected chi connectivity index (χ3v) is 6.88. The van der Waals surface area contributed by atoms with Crippen LogP contribution in [0.5, 0.6) is 0 Å². The van der Waals surface area contributed by atoms with Crippen molar-refractivity contribution in [1.82, 2.24) is 3.97 Å². The van der Waals surface area contributed by atoms with Crippen molar-refractivity contribution in [3.63, 3.8) is 0 Å². The van der Waals surface area contributed by atoms with Crippen molar-refractivity contribution >= 4 is 20.9 Å². The van der Waals surface area contributed by atoms with E-state index < -0.39 is 21.4 Å². The van der Waals surface area contributed by atoms with Crippen LogP contribution in [0.25, 0.3) is 10.9 Å². The van der Waals surface area contributed by atoms with E-state index >= 15 is 0 Å². The number of methoxy groups -OCH3 is 2. The highest BCUT2D eigenvalue weighted by Gasteiger charge is 2.38. The number of hydrogen-bond donors (Lipinski definition) is 1. The molecule has 0 saturated carbocycles. The average molecular weight is 411 g/mol. The lowest BCUT2D eigenvalue weighted by Crippen LogP contribution is -2.36. The number of benzene rings is 2. The van der Waals surface area contributed by atoms with Gasteiger partial charge in [0.2, 0.25) is 5.79 Å². The van der Waals surface area contributed by atoms with Crippen molar-refractivity contribution in [1.29, 1.82) is 0 Å². The first-order valence-corrected chi connectivity index (χ1v) is 10.4. The van der Waals surface area contributed by atoms with Gasteiger partial charge in [-0.1, -0.05) is 36.4 Å². The molecule has 29 heavy (non-hydrogen) atoms. The summed E-state index contributed by atoms with van der Waals surface area (Å²) < 4.78 is 38.9. The topological polar surface area (TPSA) is 77.8 Å². The van der Waals surface area contributed by atoms with Gasteiger partial charge in [-0.3, -0.25) is 0 Å². The van der Waals surface area contributed by atoms with E-state index in [0.717, 1.165) is 0 Å². The fourth-order valence-corrected chi connectivity index (χ4v) is 5.08. The van der Waals surface area contributed by atoms with Crippen LogP contribution in [-0.4, -0.2) is 37.5 Å². The first kappa shape index (κ1) is 19.6. The van der Waals surface area contributed by atoms with Gasteiger partial charge in [-0.2, -0.15) is 0 Å². The van der Waals surface area contributed by atoms with E-state index in [4.69, 9.17) is 9.47 Å². The van der Waals surface area contributed by atoms with E-state index in [1.807, 2.05) is 12.1 Å². The summed E-state index contributed by atoms with van der Waals surface area (Å²) in [6.07, 6.45) is 6.07. The summed E-state index contributed by atoms with van der Waals surface area (Å²) in [5.74, 6) is -1.11. The molecule has 0 amide bonds. The van der Waals surface area contributed by atoms with Crippen LogP contribution >= 0.6 is 0 Å². The molecule has 0 fully saturated rings. The van der Waals surface area contributed by atoms with Gasteiger partial charge in [0, 0.05) is 19.6 Å². The zero-order valence-electron chi connectivity index (χ0n) is 16.0. The summed E-state index contributed by atoms with van der Waals surface area (Å²) in [5, 5.41) is 12.1. The Morgan fingerprint density at radius 3 is 2.07 bits per heavy atom. The molecule has 0 saturated heterocycles. The van der Waals surface area contributed by atoms with Gasteiger partial charge in [0.05, 0.1) is 16.1 Å². The Balaban J connectivity index is 1.96. The SMILES string of the molecule is COC1(OC)C=CC(O)(c2cc3ccccc3n2S(=O)(=O)c2ccccc2)C=C1. The van der Waals surface area contributed by atoms with Gasteiger partial charge in [0.25, 0.3) is 10.0 Å². The molecule has 0 bridgehead atoms. The molecule has 150 valence electrons. The predicted molar refractivity (Wildman–Crippen MR) is 110 cm³/mol. The lowest BCUT2D eigenvalue weighted by molar-refractivity contribution is -0.136. The molecule has 1 heterocycles. The molecular formula is C22H21NO5S. The molecule has 1 aromatic heterocycles. The van der Waals surface area contributed by atoms with Crippen LogP contribution in [0.3, 0.4) is 0 Å². The fourth-order valence-electron chi connectivity index (χ4n) is 3.49. The van der Waals surface area contributed by atoms with Crippen LogP contribution in [0, 0.1) is 0 Å². The average Bonchev–Trinajstić information content (AvgIpc) is 3.17. The van der Waals surface area contributed by atoms with Crippen LogP contribution in [0.15, 0.2) is 89.9 Å². The minimum absolute atomic E-state index is 0.137. The summed E-state index contributed by atoms with van der Waals surface area (Å²) in [5.41, 5.74) is -0.978. The molecule has 0 atom stereocenters. The smallest absolute Gasteiger partial charge is 0.268 e. The normalized spacial score (nSPS) is 17.6. The molecule has 1 aliphatic rings. The van der Waals surface area contributed by atoms with Crippen molar-refractivity contribution in [2.24, 2.45) is 0 Å². The second kappa shape index (κ2) is 6.96. The number of hydrogen-bond acceptors (Lipinski definition) is 5. The number of nitrogens with zero attached hydrogens (tertiary/aromatic N) is 1. The molecule has 0 aliphatic heterocycles. The summed E-state index contributed by atoms with van der Waals surface area (Å²) >= 11 is 0. The van der Waals surface area contributed by atoms with E-state index in [9.17, 15) is 13.5 Å². The summed E-state index contributed by atoms with van der Waals surface area (Å²) in [4.78, 5) is 0.137. The number of para-hydroxylation sites is 1. The highest BCUT2D eigenvalue weighted by molar-refractivity contribution is 7.90. The quantitative estimate of drug-likeness (QED) is 0.515. The van der Waals surface area contributed by atoms with Gasteiger partial charge in [-0.05, 0) is 48.6 Å². The van der Waals surface area contributed by atoms with E-state index in [2.05, 4.69) is 0 Å². The second-order valence-corrected chi connectivity index (χ2v) is 8.58. The van der Waals surface area contributed by atoms with Crippen LogP contribution in [-0.2, 0) is 25.1 Å². The molecule has 6 nitrogen and oxygen atoms in total. The number of aliphatic hydroxyl groups is 1. The molecule has 1 N–H and O–H groups in total. The first-order valence-electron chi connectivity index (χ1n) is 9.00. The molecule has 0 spiro atoms. The zero-order valence-corrected chi connectivity index (χ0v) is 16.8. The first-order chi connectivity index (χ1) is 13.9. The van der Waals surface area contributed by atoms with E-state index in [0.29, 0.717) is 10.9 Å². The Morgan fingerprint density at radius 2 is 1.45 bits per heavy atom. The molecule has 0 radical (unpaired) electrons. The lowest BCUT2D eigenvalue weighted by atomic mass is 9.92. The van der Waals surface area contributed by atoms with Crippen molar-refractivity contribution in [3.8, 4) is 0 Å². The maximum atomic E-state index is 13.5. The van der Waals surface area contributed by atoms with Gasteiger partial charge in [0.1, 0.15) is 5.60 Å². The minimum atomic E-state index is -3.95. The summed E-state index contributed by atoms with van der Waals surface area (Å²) in [6, 6.07) is 16.9. The Kier molecular flexibility index (Phi) is 4.71. The molecule has 1 aliphatic carbocycles. The van der Waals surface area contributed by atoms with E-state index in [-0.39, 0.29) is 10.6 Å². The Bertz CT molecular complexity index is 1190. The highest BCUT2D eigenvalue weighted by atomic mass is 32.2. The number of rotatable bonds is 5. The molecule has 3 aromatic rings. The molecule has 0 unspecified atom stereocenters. The third kappa shape index (κ3) is 3.12. The predicted octanol–water partition coefficient (Wildman–Crippen LogP) is 3.18. The zero-order chi connectivity index (χ0) is 20.7. The van der Waals surface area contributed by atoms with Crippen LogP contribution < -0.4 is 0 Å². The largest absolute Gasteiger partial charge is 0.376 e. The van der Waals surface area contributed by atoms with Crippen LogP contribution in [0.1, 0.15) is 5.69 Å². The minimum Gasteiger partial charge on any atom is -0.376 e. The standard InChI is InChI=1S/C22H21NO5S/c1-27-22(28-2)14-12-21(24,13-15-22)20-16-17-8-6-7-11-19(17)23(20)29(25,26)18-9-4-3-5-10-18/h3-16,24H,1-2H3. The monoisotopic (exact) mass is 411 g/mol. The molecule has 2 aromatic carbocycles. The number of fused-ring (bicyclic) bond motifs is 1. The van der Waals surface area contributed by atoms with Gasteiger partial charge in [-0.25, -0.2) is 12.4 Å². The third-order valence-electron chi connectivity index (χ3n) is 5.14. The van der Waals surface area contributed by atoms with Crippen molar-refractivity contribution in [3.05, 3.63) is 90.7 Å². The maximum absolute atomic E-state index is 13.5. The highest BCUT2D eigenvalue weighted by Crippen LogP contribution is 2.37. The van der Waals surface area contributed by atoms with Crippen LogP contribution in [0.2, 0.25) is 0 Å². The Hall–Kier alpha value is -2.71. The molecular weight excluding hydrogens is 390 g/mol. The molecule has 7 heteroatoms. The van der Waals surface area contributed by atoms with E-state index in [1.54, 1.807) is 48.6 Å². The van der Waals surface area contributed by atoms with Crippen molar-refractivity contribution < 1.29 is 23.0 Å². The second-order valence-electron chi connectivity index (χ2n) is 6.79. The Labute approximate surface area is 169 Å². The van der Waals surface area contributed by atoms with Crippen molar-refractivity contribution in [2.75, 3.05) is 14.2 Å². The maximum Gasteiger partial charge on any atom is 0.268 e. The number of aromatic nitrogens is 1. The van der Waals surface area contributed by atoms with Gasteiger partial charge < -0.3 is 14.6 Å². The van der Waals surface area contributed by atoms with Gasteiger partial charge in [0.15, 0.2) is 0 Å². The number of ether oxygens (including phenoxy) is 2. The van der Waals surface area contributed by atoms with Crippen molar-refractivity contribution in [2.45, 2.75) is 16.3 Å². The lowest BCUT2D eigenvalue weighted by Gasteiger charge is -2.32. The van der Waals surface area contributed by atoms with Gasteiger partial charge in [-0.15, -0.1) is 0 Å². The Morgan fingerprint density at radius 1 is 0.862 bits per heavy atom. The summed E-state index contributed by atoms with van der Waals surface area (Å²) in [6.45, 7) is 0. The summed E-state index contributed by atoms with van der Waals surface area (Å²) in [7, 11) is -0.983. The fraction of sp³-hybridized carbons (Fsp3) is 0.182.